The maximum Gasteiger partial charge on any atom is 0.222 e. The zero-order valence-electron chi connectivity index (χ0n) is 10.9. The highest BCUT2D eigenvalue weighted by molar-refractivity contribution is 5.85. The van der Waals surface area contributed by atoms with E-state index in [4.69, 9.17) is 0 Å². The third-order valence-electron chi connectivity index (χ3n) is 2.76. The van der Waals surface area contributed by atoms with Crippen molar-refractivity contribution >= 4 is 18.3 Å². The van der Waals surface area contributed by atoms with Crippen LogP contribution in [-0.4, -0.2) is 37.5 Å². The Bertz CT molecular complexity index is 220. The zero-order chi connectivity index (χ0) is 11.5. The summed E-state index contributed by atoms with van der Waals surface area (Å²) in [5, 5.41) is 3.29. The highest BCUT2D eigenvalue weighted by Gasteiger charge is 2.22. The number of hydrogen-bond acceptors (Lipinski definition) is 2. The van der Waals surface area contributed by atoms with Crippen LogP contribution in [-0.2, 0) is 4.79 Å². The van der Waals surface area contributed by atoms with Crippen molar-refractivity contribution < 1.29 is 4.79 Å². The van der Waals surface area contributed by atoms with Crippen molar-refractivity contribution in [1.82, 2.24) is 10.2 Å². The summed E-state index contributed by atoms with van der Waals surface area (Å²) >= 11 is 0. The van der Waals surface area contributed by atoms with Crippen LogP contribution in [0, 0.1) is 11.3 Å². The maximum absolute atomic E-state index is 11.9. The van der Waals surface area contributed by atoms with Crippen LogP contribution >= 0.6 is 12.4 Å². The minimum Gasteiger partial charge on any atom is -0.345 e. The standard InChI is InChI=1S/C12H24N2O.ClH/c1-12(2,3)9-14(4)11(15)7-10-5-6-13-8-10;/h10,13H,5-9H2,1-4H3;1H. The second-order valence-electron chi connectivity index (χ2n) is 5.87. The zero-order valence-corrected chi connectivity index (χ0v) is 11.7. The van der Waals surface area contributed by atoms with Crippen LogP contribution in [0.2, 0.25) is 0 Å². The molecule has 1 unspecified atom stereocenters. The van der Waals surface area contributed by atoms with E-state index in [9.17, 15) is 4.79 Å². The Kier molecular flexibility index (Phi) is 6.34. The smallest absolute Gasteiger partial charge is 0.222 e. The summed E-state index contributed by atoms with van der Waals surface area (Å²) in [6.07, 6.45) is 1.86. The van der Waals surface area contributed by atoms with Crippen molar-refractivity contribution in [3.05, 3.63) is 0 Å². The number of nitrogens with zero attached hydrogens (tertiary/aromatic N) is 1. The molecule has 1 rings (SSSR count). The molecule has 1 aliphatic heterocycles. The molecule has 96 valence electrons. The van der Waals surface area contributed by atoms with Gasteiger partial charge in [-0.05, 0) is 30.8 Å². The van der Waals surface area contributed by atoms with Crippen LogP contribution in [0.1, 0.15) is 33.6 Å². The van der Waals surface area contributed by atoms with Crippen molar-refractivity contribution in [3.63, 3.8) is 0 Å². The van der Waals surface area contributed by atoms with Crippen LogP contribution in [0.3, 0.4) is 0 Å². The lowest BCUT2D eigenvalue weighted by Gasteiger charge is -2.27. The Labute approximate surface area is 105 Å². The summed E-state index contributed by atoms with van der Waals surface area (Å²) in [6, 6.07) is 0. The average molecular weight is 249 g/mol. The van der Waals surface area contributed by atoms with Gasteiger partial charge < -0.3 is 10.2 Å². The number of rotatable bonds is 3. The molecule has 3 nitrogen and oxygen atoms in total. The first-order valence-electron chi connectivity index (χ1n) is 5.83. The Morgan fingerprint density at radius 3 is 2.50 bits per heavy atom. The van der Waals surface area contributed by atoms with Crippen molar-refractivity contribution in [2.45, 2.75) is 33.6 Å². The molecule has 16 heavy (non-hydrogen) atoms. The van der Waals surface area contributed by atoms with E-state index in [1.54, 1.807) is 0 Å². The van der Waals surface area contributed by atoms with E-state index in [2.05, 4.69) is 26.1 Å². The number of amides is 1. The summed E-state index contributed by atoms with van der Waals surface area (Å²) in [7, 11) is 1.91. The molecule has 1 saturated heterocycles. The molecule has 1 N–H and O–H groups in total. The second-order valence-corrected chi connectivity index (χ2v) is 5.87. The Hall–Kier alpha value is -0.280. The summed E-state index contributed by atoms with van der Waals surface area (Å²) in [4.78, 5) is 13.7. The highest BCUT2D eigenvalue weighted by atomic mass is 35.5. The van der Waals surface area contributed by atoms with Gasteiger partial charge >= 0.3 is 0 Å². The monoisotopic (exact) mass is 248 g/mol. The predicted octanol–water partition coefficient (Wildman–Crippen LogP) is 1.91. The van der Waals surface area contributed by atoms with E-state index in [-0.39, 0.29) is 17.8 Å². The van der Waals surface area contributed by atoms with Gasteiger partial charge in [-0.2, -0.15) is 0 Å². The molecule has 4 heteroatoms. The Morgan fingerprint density at radius 1 is 1.44 bits per heavy atom. The average Bonchev–Trinajstić information content (AvgIpc) is 2.53. The molecule has 0 bridgehead atoms. The van der Waals surface area contributed by atoms with Crippen molar-refractivity contribution in [1.29, 1.82) is 0 Å². The van der Waals surface area contributed by atoms with Gasteiger partial charge in [-0.15, -0.1) is 12.4 Å². The molecular formula is C12H25ClN2O. The van der Waals surface area contributed by atoms with Crippen LogP contribution < -0.4 is 5.32 Å². The van der Waals surface area contributed by atoms with E-state index in [1.165, 1.54) is 0 Å². The van der Waals surface area contributed by atoms with Crippen molar-refractivity contribution in [2.24, 2.45) is 11.3 Å². The third-order valence-corrected chi connectivity index (χ3v) is 2.76. The van der Waals surface area contributed by atoms with E-state index in [0.29, 0.717) is 18.2 Å². The topological polar surface area (TPSA) is 32.3 Å². The van der Waals surface area contributed by atoms with Gasteiger partial charge in [0.05, 0.1) is 0 Å². The molecular weight excluding hydrogens is 224 g/mol. The van der Waals surface area contributed by atoms with Crippen molar-refractivity contribution in [2.75, 3.05) is 26.7 Å². The van der Waals surface area contributed by atoms with Crippen LogP contribution in [0.15, 0.2) is 0 Å². The second kappa shape index (κ2) is 6.45. The molecule has 0 aromatic carbocycles. The lowest BCUT2D eigenvalue weighted by atomic mass is 9.95. The molecule has 1 amide bonds. The van der Waals surface area contributed by atoms with E-state index in [1.807, 2.05) is 11.9 Å². The predicted molar refractivity (Wildman–Crippen MR) is 69.9 cm³/mol. The molecule has 1 aliphatic rings. The first kappa shape index (κ1) is 15.7. The van der Waals surface area contributed by atoms with Gasteiger partial charge in [-0.1, -0.05) is 20.8 Å². The first-order valence-corrected chi connectivity index (χ1v) is 5.83. The fourth-order valence-corrected chi connectivity index (χ4v) is 2.09. The van der Waals surface area contributed by atoms with Crippen LogP contribution in [0.4, 0.5) is 0 Å². The normalized spacial score (nSPS) is 20.4. The third kappa shape index (κ3) is 5.71. The summed E-state index contributed by atoms with van der Waals surface area (Å²) in [5.41, 5.74) is 0.193. The molecule has 0 aliphatic carbocycles. The fourth-order valence-electron chi connectivity index (χ4n) is 2.09. The number of carbonyl (C=O) groups is 1. The van der Waals surface area contributed by atoms with Crippen LogP contribution in [0.25, 0.3) is 0 Å². The number of carbonyl (C=O) groups excluding carboxylic acids is 1. The van der Waals surface area contributed by atoms with Gasteiger partial charge in [0.2, 0.25) is 5.91 Å². The number of hydrogen-bond donors (Lipinski definition) is 1. The summed E-state index contributed by atoms with van der Waals surface area (Å²) in [6.45, 7) is 9.40. The SMILES string of the molecule is CN(CC(C)(C)C)C(=O)CC1CCNC1.Cl. The fraction of sp³-hybridized carbons (Fsp3) is 0.917. The molecule has 0 spiro atoms. The number of halogens is 1. The molecule has 0 radical (unpaired) electrons. The van der Waals surface area contributed by atoms with Gasteiger partial charge in [0.15, 0.2) is 0 Å². The highest BCUT2D eigenvalue weighted by Crippen LogP contribution is 2.17. The first-order chi connectivity index (χ1) is 6.88. The molecule has 1 fully saturated rings. The quantitative estimate of drug-likeness (QED) is 0.828. The maximum atomic E-state index is 11.9. The molecule has 0 saturated carbocycles. The minimum atomic E-state index is 0. The lowest BCUT2D eigenvalue weighted by molar-refractivity contribution is -0.131. The van der Waals surface area contributed by atoms with Gasteiger partial charge in [0, 0.05) is 20.0 Å². The largest absolute Gasteiger partial charge is 0.345 e. The van der Waals surface area contributed by atoms with E-state index in [0.717, 1.165) is 26.1 Å². The molecule has 1 heterocycles. The van der Waals surface area contributed by atoms with Gasteiger partial charge in [-0.3, -0.25) is 4.79 Å². The van der Waals surface area contributed by atoms with E-state index >= 15 is 0 Å². The van der Waals surface area contributed by atoms with Crippen molar-refractivity contribution in [3.8, 4) is 0 Å². The Morgan fingerprint density at radius 2 is 2.06 bits per heavy atom. The lowest BCUT2D eigenvalue weighted by Crippen LogP contribution is -2.35. The molecule has 1 atom stereocenters. The van der Waals surface area contributed by atoms with Gasteiger partial charge in [0.25, 0.3) is 0 Å². The van der Waals surface area contributed by atoms with Crippen LogP contribution in [0.5, 0.6) is 0 Å². The molecule has 0 aromatic heterocycles. The van der Waals surface area contributed by atoms with E-state index < -0.39 is 0 Å². The summed E-state index contributed by atoms with van der Waals surface area (Å²) in [5.74, 6) is 0.846. The summed E-state index contributed by atoms with van der Waals surface area (Å²) < 4.78 is 0. The number of nitrogens with one attached hydrogen (secondary N) is 1. The van der Waals surface area contributed by atoms with Gasteiger partial charge in [0.1, 0.15) is 0 Å². The molecule has 0 aromatic rings. The minimum absolute atomic E-state index is 0. The Balaban J connectivity index is 0.00000225. The van der Waals surface area contributed by atoms with Gasteiger partial charge in [-0.25, -0.2) is 0 Å².